The number of phenolic OH excluding ortho intramolecular Hbond substituents is 1. The van der Waals surface area contributed by atoms with Crippen LogP contribution in [0.3, 0.4) is 0 Å². The average Bonchev–Trinajstić information content (AvgIpc) is 3.04. The molecular weight excluding hydrogens is 917 g/mol. The summed E-state index contributed by atoms with van der Waals surface area (Å²) in [5.41, 5.74) is 0.877. The Morgan fingerprint density at radius 1 is 0.531 bits per heavy atom. The molecule has 13 nitrogen and oxygen atoms in total. The Bertz CT molecular complexity index is 1690. The number of esters is 1. The number of ether oxygens (including phenoxy) is 4. The molecule has 1 aromatic rings. The number of hydrogen-bond acceptors (Lipinski definition) is 13. The summed E-state index contributed by atoms with van der Waals surface area (Å²) in [5, 5.41) is 22.6. The van der Waals surface area contributed by atoms with Crippen molar-refractivity contribution in [1.82, 2.24) is 0 Å². The monoisotopic (exact) mass is 1010 g/mol. The maximum Gasteiger partial charge on any atom is 0.342 e. The summed E-state index contributed by atoms with van der Waals surface area (Å²) >= 11 is 0. The Balaban J connectivity index is 2.28. The van der Waals surface area contributed by atoms with E-state index >= 15 is 0 Å². The van der Waals surface area contributed by atoms with Crippen molar-refractivity contribution in [2.24, 2.45) is 0 Å². The minimum absolute atomic E-state index is 0.0824. The van der Waals surface area contributed by atoms with Crippen LogP contribution in [-0.4, -0.2) is 141 Å². The molecule has 19 heteroatoms. The van der Waals surface area contributed by atoms with Crippen LogP contribution in [0, 0.1) is 0 Å². The second-order valence-corrected chi connectivity index (χ2v) is 52.4. The van der Waals surface area contributed by atoms with Gasteiger partial charge < -0.3 is 55.7 Å². The van der Waals surface area contributed by atoms with Crippen molar-refractivity contribution < 1.29 is 60.5 Å². The predicted molar refractivity (Wildman–Crippen MR) is 271 cm³/mol. The molecule has 0 spiro atoms. The Kier molecular flexibility index (Phi) is 18.7. The van der Waals surface area contributed by atoms with E-state index in [0.29, 0.717) is 5.56 Å². The van der Waals surface area contributed by atoms with E-state index in [1.165, 1.54) is 0 Å². The van der Waals surface area contributed by atoms with Crippen molar-refractivity contribution in [2.45, 2.75) is 232 Å². The molecule has 2 saturated heterocycles. The second-order valence-electron chi connectivity index (χ2n) is 25.6. The van der Waals surface area contributed by atoms with E-state index < -0.39 is 123 Å². The van der Waals surface area contributed by atoms with Gasteiger partial charge in [-0.1, -0.05) is 47.6 Å². The Labute approximate surface area is 394 Å². The number of carbonyl (C=O) groups excluding carboxylic acids is 1. The zero-order valence-corrected chi connectivity index (χ0v) is 50.2. The molecule has 0 amide bonds. The zero-order chi connectivity index (χ0) is 49.6. The molecule has 3 rings (SSSR count). The molecule has 0 bridgehead atoms. The highest BCUT2D eigenvalue weighted by atomic mass is 28.4. The molecule has 2 N–H and O–H groups in total. The fraction of sp³-hybridized carbons (Fsp3) is 0.844. The van der Waals surface area contributed by atoms with Crippen LogP contribution < -0.4 is 0 Å². The zero-order valence-electron chi connectivity index (χ0n) is 44.2. The first-order chi connectivity index (χ1) is 28.5. The van der Waals surface area contributed by atoms with Gasteiger partial charge in [-0.25, -0.2) is 4.79 Å². The van der Waals surface area contributed by atoms with Crippen LogP contribution in [0.1, 0.15) is 63.0 Å². The number of aliphatic hydroxyl groups excluding tert-OH is 1. The van der Waals surface area contributed by atoms with Crippen LogP contribution in [0.15, 0.2) is 12.1 Å². The molecule has 0 aliphatic carbocycles. The predicted octanol–water partition coefficient (Wildman–Crippen LogP) is 9.92. The van der Waals surface area contributed by atoms with Gasteiger partial charge in [-0.05, 0) is 140 Å². The summed E-state index contributed by atoms with van der Waals surface area (Å²) in [4.78, 5) is 14.3. The molecule has 0 radical (unpaired) electrons. The normalized spacial score (nSPS) is 28.3. The van der Waals surface area contributed by atoms with E-state index in [1.54, 1.807) is 6.07 Å². The Morgan fingerprint density at radius 3 is 1.22 bits per heavy atom. The lowest BCUT2D eigenvalue weighted by molar-refractivity contribution is -0.368. The molecule has 2 fully saturated rings. The maximum atomic E-state index is 14.3. The van der Waals surface area contributed by atoms with Gasteiger partial charge in [-0.3, -0.25) is 0 Å². The lowest BCUT2D eigenvalue weighted by Crippen LogP contribution is -2.69. The van der Waals surface area contributed by atoms with Crippen molar-refractivity contribution in [3.63, 3.8) is 0 Å². The first kappa shape index (κ1) is 57.7. The van der Waals surface area contributed by atoms with Crippen molar-refractivity contribution in [2.75, 3.05) is 13.2 Å². The summed E-state index contributed by atoms with van der Waals surface area (Å²) < 4.78 is 69.1. The highest BCUT2D eigenvalue weighted by Crippen LogP contribution is 2.41. The molecule has 10 atom stereocenters. The lowest BCUT2D eigenvalue weighted by Gasteiger charge is -2.53. The fourth-order valence-corrected chi connectivity index (χ4v) is 14.2. The topological polar surface area (TPSA) is 150 Å². The molecule has 0 saturated carbocycles. The van der Waals surface area contributed by atoms with Crippen molar-refractivity contribution >= 4 is 55.9 Å². The molecule has 2 aliphatic heterocycles. The van der Waals surface area contributed by atoms with Crippen LogP contribution in [0.5, 0.6) is 5.75 Å². The molecule has 372 valence electrons. The van der Waals surface area contributed by atoms with E-state index in [1.807, 2.05) is 26.8 Å². The third kappa shape index (κ3) is 17.7. The number of phenols is 1. The molecule has 1 aromatic carbocycles. The number of rotatable bonds is 18. The third-order valence-electron chi connectivity index (χ3n) is 9.95. The van der Waals surface area contributed by atoms with Crippen molar-refractivity contribution in [1.29, 1.82) is 0 Å². The van der Waals surface area contributed by atoms with E-state index in [-0.39, 0.29) is 29.9 Å². The summed E-state index contributed by atoms with van der Waals surface area (Å²) in [6.45, 7) is 49.6. The molecule has 0 unspecified atom stereocenters. The molecule has 64 heavy (non-hydrogen) atoms. The van der Waals surface area contributed by atoms with Gasteiger partial charge in [-0.2, -0.15) is 0 Å². The standard InChI is InChI=1S/C45H90O13Si6/c1-44(2,3)29-25-30(34(47)31(26-29)45(4,5)6)41(48)49-28-33-36(54-60(10,11)12)38(56-62(16,17)18)40(58-64(22,23)24)43(51-33)52-42-39(57-63(19,20)21)37(55-61(13,14)15)35(32(27-46)50-42)53-59(7,8)9/h25-26,32-33,35-40,42-43,46-47H,27-28H2,1-24H3/t32-,33-,35-,36-,37+,38+,39-,40-,42-,43-/m1/s1. The van der Waals surface area contributed by atoms with E-state index in [0.717, 1.165) is 5.56 Å². The summed E-state index contributed by atoms with van der Waals surface area (Å²) in [6, 6.07) is 3.69. The molecular formula is C45H90O13Si6. The second kappa shape index (κ2) is 20.8. The SMILES string of the molecule is CC(C)(C)c1cc(C(=O)OC[C@H]2O[C@H](O[C@H]3O[C@H](CO)[C@@H](O[Si](C)(C)C)[C@H](O[Si](C)(C)C)[C@H]3O[Si](C)(C)C)[C@H](O[Si](C)(C)C)[C@@H](O[Si](C)(C)C)[C@@H]2O[Si](C)(C)C)c(O)c(C(C)(C)C)c1. The van der Waals surface area contributed by atoms with E-state index in [2.05, 4.69) is 139 Å². The van der Waals surface area contributed by atoms with Gasteiger partial charge in [0.15, 0.2) is 62.5 Å². The number of aromatic hydroxyl groups is 1. The Hall–Kier alpha value is -0.609. The van der Waals surface area contributed by atoms with Crippen LogP contribution in [0.4, 0.5) is 0 Å². The minimum atomic E-state index is -2.39. The van der Waals surface area contributed by atoms with Crippen molar-refractivity contribution in [3.05, 3.63) is 28.8 Å². The fourth-order valence-electron chi connectivity index (χ4n) is 7.67. The summed E-state index contributed by atoms with van der Waals surface area (Å²) in [7, 11) is -13.9. The van der Waals surface area contributed by atoms with E-state index in [9.17, 15) is 15.0 Å². The molecule has 0 aromatic heterocycles. The van der Waals surface area contributed by atoms with Crippen LogP contribution >= 0.6 is 0 Å². The highest BCUT2D eigenvalue weighted by Gasteiger charge is 2.57. The van der Waals surface area contributed by atoms with Crippen LogP contribution in [-0.2, 0) is 56.3 Å². The van der Waals surface area contributed by atoms with Gasteiger partial charge in [-0.15, -0.1) is 0 Å². The van der Waals surface area contributed by atoms with Gasteiger partial charge in [0, 0.05) is 5.56 Å². The number of hydrogen-bond donors (Lipinski definition) is 2. The largest absolute Gasteiger partial charge is 0.507 e. The summed E-state index contributed by atoms with van der Waals surface area (Å²) in [5.74, 6) is -0.794. The van der Waals surface area contributed by atoms with Crippen molar-refractivity contribution in [3.8, 4) is 5.75 Å². The van der Waals surface area contributed by atoms with Crippen LogP contribution in [0.25, 0.3) is 0 Å². The van der Waals surface area contributed by atoms with Gasteiger partial charge >= 0.3 is 5.97 Å². The number of aliphatic hydroxyl groups is 1. The Morgan fingerprint density at radius 2 is 0.875 bits per heavy atom. The minimum Gasteiger partial charge on any atom is -0.507 e. The molecule has 2 aliphatic rings. The first-order valence-electron chi connectivity index (χ1n) is 23.2. The summed E-state index contributed by atoms with van der Waals surface area (Å²) in [6.07, 6.45) is -8.19. The van der Waals surface area contributed by atoms with Gasteiger partial charge in [0.1, 0.15) is 66.8 Å². The lowest BCUT2D eigenvalue weighted by atomic mass is 9.79. The number of benzene rings is 1. The number of carbonyl (C=O) groups is 1. The van der Waals surface area contributed by atoms with Gasteiger partial charge in [0.2, 0.25) is 0 Å². The smallest absolute Gasteiger partial charge is 0.342 e. The average molecular weight is 1010 g/mol. The van der Waals surface area contributed by atoms with Crippen LogP contribution in [0.2, 0.25) is 118 Å². The first-order valence-corrected chi connectivity index (χ1v) is 43.6. The van der Waals surface area contributed by atoms with Gasteiger partial charge in [0.25, 0.3) is 0 Å². The molecule has 2 heterocycles. The quantitative estimate of drug-likeness (QED) is 0.106. The maximum absolute atomic E-state index is 14.3. The highest BCUT2D eigenvalue weighted by molar-refractivity contribution is 6.71. The third-order valence-corrected chi connectivity index (χ3v) is 15.8. The van der Waals surface area contributed by atoms with Gasteiger partial charge in [0.05, 0.1) is 6.61 Å². The van der Waals surface area contributed by atoms with E-state index in [4.69, 9.17) is 45.5 Å².